The van der Waals surface area contributed by atoms with Crippen LogP contribution in [-0.4, -0.2) is 35.8 Å². The summed E-state index contributed by atoms with van der Waals surface area (Å²) in [6, 6.07) is 22.3. The minimum atomic E-state index is -0.395. The van der Waals surface area contributed by atoms with Crippen molar-refractivity contribution in [2.45, 2.75) is 40.2 Å². The van der Waals surface area contributed by atoms with Crippen molar-refractivity contribution in [3.63, 3.8) is 0 Å². The summed E-state index contributed by atoms with van der Waals surface area (Å²) in [5, 5.41) is 0.904. The lowest BCUT2D eigenvalue weighted by molar-refractivity contribution is -0.142. The first kappa shape index (κ1) is 25.8. The number of benzene rings is 3. The lowest BCUT2D eigenvalue weighted by Crippen LogP contribution is -2.11. The van der Waals surface area contributed by atoms with Crippen LogP contribution in [0, 0.1) is 0 Å². The topological polar surface area (TPSA) is 76.0 Å². The number of hydrogen-bond donors (Lipinski definition) is 0. The van der Waals surface area contributed by atoms with E-state index in [0.29, 0.717) is 30.3 Å². The van der Waals surface area contributed by atoms with Gasteiger partial charge in [0.2, 0.25) is 0 Å². The zero-order valence-electron chi connectivity index (χ0n) is 21.5. The molecule has 1 heterocycles. The first-order chi connectivity index (χ1) is 17.9. The van der Waals surface area contributed by atoms with E-state index in [1.165, 1.54) is 0 Å². The molecule has 37 heavy (non-hydrogen) atoms. The maximum atomic E-state index is 12.4. The lowest BCUT2D eigenvalue weighted by atomic mass is 10.2. The fourth-order valence-corrected chi connectivity index (χ4v) is 4.09. The fourth-order valence-electron chi connectivity index (χ4n) is 4.09. The van der Waals surface area contributed by atoms with Gasteiger partial charge >= 0.3 is 11.9 Å². The molecule has 0 saturated heterocycles. The maximum Gasteiger partial charge on any atom is 0.338 e. The van der Waals surface area contributed by atoms with Crippen LogP contribution in [0.5, 0.6) is 17.2 Å². The van der Waals surface area contributed by atoms with Crippen LogP contribution in [0.3, 0.4) is 0 Å². The second-order valence-electron chi connectivity index (χ2n) is 8.68. The summed E-state index contributed by atoms with van der Waals surface area (Å²) >= 11 is 0. The molecule has 0 amide bonds. The molecule has 0 saturated carbocycles. The van der Waals surface area contributed by atoms with Gasteiger partial charge in [0.1, 0.15) is 17.2 Å². The highest BCUT2D eigenvalue weighted by atomic mass is 16.5. The molecule has 0 bridgehead atoms. The molecule has 0 N–H and O–H groups in total. The van der Waals surface area contributed by atoms with Gasteiger partial charge in [-0.25, -0.2) is 4.79 Å². The van der Waals surface area contributed by atoms with Crippen LogP contribution in [0.1, 0.15) is 43.7 Å². The van der Waals surface area contributed by atoms with Crippen LogP contribution in [-0.2, 0) is 20.7 Å². The smallest absolute Gasteiger partial charge is 0.338 e. The standard InChI is InChI=1S/C30H31NO6/c1-5-34-29(32)19-24-16-22-18-27(37-26-9-7-8-21(17-26)30(33)35-6-2)14-15-28(22)31(24)23-10-12-25(13-11-23)36-20(3)4/h7-18,20H,5-6,19H2,1-4H3. The molecule has 0 radical (unpaired) electrons. The van der Waals surface area contributed by atoms with E-state index in [1.807, 2.05) is 66.9 Å². The van der Waals surface area contributed by atoms with Crippen molar-refractivity contribution in [1.82, 2.24) is 4.57 Å². The number of carbonyl (C=O) groups excluding carboxylic acids is 2. The predicted molar refractivity (Wildman–Crippen MR) is 142 cm³/mol. The fraction of sp³-hybridized carbons (Fsp3) is 0.267. The Kier molecular flexibility index (Phi) is 8.13. The largest absolute Gasteiger partial charge is 0.491 e. The van der Waals surface area contributed by atoms with Crippen LogP contribution in [0.25, 0.3) is 16.6 Å². The molecule has 0 fully saturated rings. The van der Waals surface area contributed by atoms with Gasteiger partial charge < -0.3 is 23.5 Å². The van der Waals surface area contributed by atoms with Crippen LogP contribution in [0.4, 0.5) is 0 Å². The van der Waals surface area contributed by atoms with E-state index in [1.54, 1.807) is 38.1 Å². The number of fused-ring (bicyclic) bond motifs is 1. The van der Waals surface area contributed by atoms with E-state index >= 15 is 0 Å². The van der Waals surface area contributed by atoms with Crippen LogP contribution < -0.4 is 9.47 Å². The molecule has 0 aliphatic rings. The van der Waals surface area contributed by atoms with E-state index < -0.39 is 5.97 Å². The molecule has 0 spiro atoms. The quantitative estimate of drug-likeness (QED) is 0.231. The highest BCUT2D eigenvalue weighted by Gasteiger charge is 2.16. The normalized spacial score (nSPS) is 10.9. The van der Waals surface area contributed by atoms with Gasteiger partial charge in [-0.15, -0.1) is 0 Å². The Balaban J connectivity index is 1.68. The number of aromatic nitrogens is 1. The summed E-state index contributed by atoms with van der Waals surface area (Å²) in [7, 11) is 0. The van der Waals surface area contributed by atoms with Crippen molar-refractivity contribution in [2.75, 3.05) is 13.2 Å². The van der Waals surface area contributed by atoms with Gasteiger partial charge in [0.05, 0.1) is 36.8 Å². The molecule has 7 nitrogen and oxygen atoms in total. The summed E-state index contributed by atoms with van der Waals surface area (Å²) in [6.45, 7) is 8.16. The monoisotopic (exact) mass is 501 g/mol. The molecule has 0 atom stereocenters. The first-order valence-corrected chi connectivity index (χ1v) is 12.4. The van der Waals surface area contributed by atoms with Crippen molar-refractivity contribution in [3.05, 3.63) is 84.1 Å². The molecular formula is C30H31NO6. The number of ether oxygens (including phenoxy) is 4. The van der Waals surface area contributed by atoms with Crippen LogP contribution in [0.2, 0.25) is 0 Å². The Labute approximate surface area is 216 Å². The van der Waals surface area contributed by atoms with Crippen molar-refractivity contribution < 1.29 is 28.5 Å². The van der Waals surface area contributed by atoms with E-state index in [9.17, 15) is 9.59 Å². The molecule has 4 rings (SSSR count). The number of esters is 2. The summed E-state index contributed by atoms with van der Waals surface area (Å²) < 4.78 is 24.2. The second kappa shape index (κ2) is 11.6. The van der Waals surface area contributed by atoms with Crippen molar-refractivity contribution in [3.8, 4) is 22.9 Å². The average molecular weight is 502 g/mol. The molecule has 7 heteroatoms. The minimum absolute atomic E-state index is 0.0778. The maximum absolute atomic E-state index is 12.4. The van der Waals surface area contributed by atoms with Gasteiger partial charge in [-0.1, -0.05) is 6.07 Å². The van der Waals surface area contributed by atoms with Crippen molar-refractivity contribution in [1.29, 1.82) is 0 Å². The zero-order valence-corrected chi connectivity index (χ0v) is 21.5. The molecule has 1 aromatic heterocycles. The molecular weight excluding hydrogens is 470 g/mol. The third-order valence-electron chi connectivity index (χ3n) is 5.53. The second-order valence-corrected chi connectivity index (χ2v) is 8.68. The number of rotatable bonds is 10. The number of carbonyl (C=O) groups is 2. The van der Waals surface area contributed by atoms with Gasteiger partial charge in [-0.3, -0.25) is 4.79 Å². The summed E-state index contributed by atoms with van der Waals surface area (Å²) in [5.41, 5.74) is 3.05. The Hall–Kier alpha value is -4.26. The van der Waals surface area contributed by atoms with Gasteiger partial charge in [0.25, 0.3) is 0 Å². The van der Waals surface area contributed by atoms with E-state index in [4.69, 9.17) is 18.9 Å². The Morgan fingerprint density at radius 1 is 0.811 bits per heavy atom. The Bertz CT molecular complexity index is 1390. The molecule has 0 aliphatic heterocycles. The van der Waals surface area contributed by atoms with Crippen LogP contribution >= 0.6 is 0 Å². The van der Waals surface area contributed by atoms with E-state index in [2.05, 4.69) is 0 Å². The molecule has 0 aliphatic carbocycles. The van der Waals surface area contributed by atoms with E-state index in [0.717, 1.165) is 28.0 Å². The van der Waals surface area contributed by atoms with Gasteiger partial charge in [0.15, 0.2) is 0 Å². The molecule has 4 aromatic rings. The predicted octanol–water partition coefficient (Wildman–Crippen LogP) is 6.49. The third kappa shape index (κ3) is 6.30. The highest BCUT2D eigenvalue weighted by Crippen LogP contribution is 2.31. The van der Waals surface area contributed by atoms with Gasteiger partial charge in [-0.05, 0) is 94.4 Å². The minimum Gasteiger partial charge on any atom is -0.491 e. The van der Waals surface area contributed by atoms with Crippen LogP contribution in [0.15, 0.2) is 72.8 Å². The highest BCUT2D eigenvalue weighted by molar-refractivity contribution is 5.90. The van der Waals surface area contributed by atoms with Crippen molar-refractivity contribution in [2.24, 2.45) is 0 Å². The lowest BCUT2D eigenvalue weighted by Gasteiger charge is -2.14. The van der Waals surface area contributed by atoms with Gasteiger partial charge in [0, 0.05) is 16.8 Å². The van der Waals surface area contributed by atoms with Gasteiger partial charge in [-0.2, -0.15) is 0 Å². The summed E-state index contributed by atoms with van der Waals surface area (Å²) in [4.78, 5) is 24.5. The molecule has 3 aromatic carbocycles. The molecule has 192 valence electrons. The zero-order chi connectivity index (χ0) is 26.4. The summed E-state index contributed by atoms with van der Waals surface area (Å²) in [5.74, 6) is 1.22. The third-order valence-corrected chi connectivity index (χ3v) is 5.53. The Morgan fingerprint density at radius 2 is 1.51 bits per heavy atom. The average Bonchev–Trinajstić information content (AvgIpc) is 3.21. The van der Waals surface area contributed by atoms with Crippen molar-refractivity contribution >= 4 is 22.8 Å². The summed E-state index contributed by atoms with van der Waals surface area (Å²) in [6.07, 6.45) is 0.207. The first-order valence-electron chi connectivity index (χ1n) is 12.4. The SMILES string of the molecule is CCOC(=O)Cc1cc2cc(Oc3cccc(C(=O)OCC)c3)ccc2n1-c1ccc(OC(C)C)cc1. The molecule has 0 unspecified atom stereocenters. The van der Waals surface area contributed by atoms with E-state index in [-0.39, 0.29) is 18.5 Å². The number of hydrogen-bond acceptors (Lipinski definition) is 6. The number of nitrogens with zero attached hydrogens (tertiary/aromatic N) is 1. The Morgan fingerprint density at radius 3 is 2.22 bits per heavy atom.